The number of nitrogens with zero attached hydrogens (tertiary/aromatic N) is 1. The monoisotopic (exact) mass is 266 g/mol. The van der Waals surface area contributed by atoms with Crippen LogP contribution in [0, 0.1) is 0 Å². The van der Waals surface area contributed by atoms with Gasteiger partial charge in [0.25, 0.3) is 0 Å². The first-order valence-electron chi connectivity index (χ1n) is 6.33. The van der Waals surface area contributed by atoms with E-state index in [9.17, 15) is 0 Å². The molecule has 1 rings (SSSR count). The highest BCUT2D eigenvalue weighted by Gasteiger charge is 2.14. The summed E-state index contributed by atoms with van der Waals surface area (Å²) in [6, 6.07) is 7.03. The van der Waals surface area contributed by atoms with Gasteiger partial charge in [0.1, 0.15) is 12.4 Å². The van der Waals surface area contributed by atoms with Gasteiger partial charge in [-0.25, -0.2) is 0 Å². The lowest BCUT2D eigenvalue weighted by molar-refractivity contribution is -0.0317. The first-order valence-corrected chi connectivity index (χ1v) is 6.33. The van der Waals surface area contributed by atoms with Crippen molar-refractivity contribution in [2.24, 2.45) is 10.9 Å². The maximum absolute atomic E-state index is 8.55. The van der Waals surface area contributed by atoms with E-state index in [-0.39, 0.29) is 11.4 Å². The van der Waals surface area contributed by atoms with Crippen LogP contribution >= 0.6 is 0 Å². The van der Waals surface area contributed by atoms with Crippen LogP contribution in [0.15, 0.2) is 29.4 Å². The molecule has 5 heteroatoms. The second kappa shape index (κ2) is 6.99. The van der Waals surface area contributed by atoms with Gasteiger partial charge in [0, 0.05) is 5.56 Å². The van der Waals surface area contributed by atoms with E-state index in [0.29, 0.717) is 18.8 Å². The Balaban J connectivity index is 2.39. The van der Waals surface area contributed by atoms with Crippen molar-refractivity contribution in [1.29, 1.82) is 0 Å². The van der Waals surface area contributed by atoms with E-state index in [1.54, 1.807) is 24.3 Å². The normalized spacial score (nSPS) is 12.5. The van der Waals surface area contributed by atoms with E-state index in [0.717, 1.165) is 12.2 Å². The lowest BCUT2D eigenvalue weighted by atomic mass is 10.1. The van der Waals surface area contributed by atoms with Gasteiger partial charge in [-0.2, -0.15) is 0 Å². The first kappa shape index (κ1) is 15.3. The highest BCUT2D eigenvalue weighted by atomic mass is 16.5. The minimum absolute atomic E-state index is 0.0829. The summed E-state index contributed by atoms with van der Waals surface area (Å²) >= 11 is 0. The van der Waals surface area contributed by atoms with Crippen LogP contribution in [0.2, 0.25) is 0 Å². The SMILES string of the molecule is CCC(C)(C)OCCOc1ccc(/C(N)=N/O)cc1. The van der Waals surface area contributed by atoms with Crippen LogP contribution in [-0.2, 0) is 4.74 Å². The van der Waals surface area contributed by atoms with E-state index in [2.05, 4.69) is 25.9 Å². The number of oxime groups is 1. The van der Waals surface area contributed by atoms with Crippen molar-refractivity contribution in [2.45, 2.75) is 32.8 Å². The Labute approximate surface area is 114 Å². The number of rotatable bonds is 7. The molecule has 0 aromatic heterocycles. The smallest absolute Gasteiger partial charge is 0.170 e. The molecule has 0 unspecified atom stereocenters. The molecule has 0 aliphatic heterocycles. The van der Waals surface area contributed by atoms with E-state index >= 15 is 0 Å². The molecule has 0 saturated heterocycles. The molecule has 1 aromatic carbocycles. The highest BCUT2D eigenvalue weighted by molar-refractivity contribution is 5.97. The molecular formula is C14H22N2O3. The Morgan fingerprint density at radius 3 is 2.42 bits per heavy atom. The topological polar surface area (TPSA) is 77.1 Å². The second-order valence-corrected chi connectivity index (χ2v) is 4.82. The summed E-state index contributed by atoms with van der Waals surface area (Å²) in [5, 5.41) is 11.5. The van der Waals surface area contributed by atoms with E-state index in [4.69, 9.17) is 20.4 Å². The predicted octanol–water partition coefficient (Wildman–Crippen LogP) is 2.37. The third-order valence-corrected chi connectivity index (χ3v) is 2.95. The predicted molar refractivity (Wildman–Crippen MR) is 74.8 cm³/mol. The van der Waals surface area contributed by atoms with Crippen molar-refractivity contribution in [2.75, 3.05) is 13.2 Å². The molecule has 0 fully saturated rings. The van der Waals surface area contributed by atoms with Crippen LogP contribution in [0.5, 0.6) is 5.75 Å². The average molecular weight is 266 g/mol. The zero-order valence-electron chi connectivity index (χ0n) is 11.7. The molecule has 0 spiro atoms. The highest BCUT2D eigenvalue weighted by Crippen LogP contribution is 2.14. The van der Waals surface area contributed by atoms with Crippen LogP contribution in [0.3, 0.4) is 0 Å². The minimum Gasteiger partial charge on any atom is -0.491 e. The Kier molecular flexibility index (Phi) is 5.63. The third-order valence-electron chi connectivity index (χ3n) is 2.95. The van der Waals surface area contributed by atoms with Gasteiger partial charge >= 0.3 is 0 Å². The standard InChI is InChI=1S/C14H22N2O3/c1-4-14(2,3)19-10-9-18-12-7-5-11(6-8-12)13(15)16-17/h5-8,17H,4,9-10H2,1-3H3,(H2,15,16). The Hall–Kier alpha value is -1.75. The number of benzene rings is 1. The molecular weight excluding hydrogens is 244 g/mol. The Bertz CT molecular complexity index is 413. The fourth-order valence-corrected chi connectivity index (χ4v) is 1.36. The lowest BCUT2D eigenvalue weighted by Crippen LogP contribution is -2.25. The summed E-state index contributed by atoms with van der Waals surface area (Å²) in [5.41, 5.74) is 6.01. The summed E-state index contributed by atoms with van der Waals surface area (Å²) in [4.78, 5) is 0. The molecule has 0 amide bonds. The lowest BCUT2D eigenvalue weighted by Gasteiger charge is -2.23. The van der Waals surface area contributed by atoms with Gasteiger partial charge in [-0.3, -0.25) is 0 Å². The van der Waals surface area contributed by atoms with Crippen molar-refractivity contribution >= 4 is 5.84 Å². The summed E-state index contributed by atoms with van der Waals surface area (Å²) in [7, 11) is 0. The Morgan fingerprint density at radius 1 is 1.26 bits per heavy atom. The van der Waals surface area contributed by atoms with E-state index < -0.39 is 0 Å². The molecule has 106 valence electrons. The molecule has 0 atom stereocenters. The van der Waals surface area contributed by atoms with Crippen molar-refractivity contribution < 1.29 is 14.7 Å². The molecule has 0 bridgehead atoms. The quantitative estimate of drug-likeness (QED) is 0.261. The molecule has 1 aromatic rings. The van der Waals surface area contributed by atoms with Gasteiger partial charge in [-0.1, -0.05) is 12.1 Å². The van der Waals surface area contributed by atoms with Crippen LogP contribution in [-0.4, -0.2) is 29.9 Å². The fraction of sp³-hybridized carbons (Fsp3) is 0.500. The van der Waals surface area contributed by atoms with E-state index in [1.165, 1.54) is 0 Å². The zero-order chi connectivity index (χ0) is 14.3. The summed E-state index contributed by atoms with van der Waals surface area (Å²) in [6.45, 7) is 7.24. The number of hydrogen-bond donors (Lipinski definition) is 2. The number of amidine groups is 1. The Morgan fingerprint density at radius 2 is 1.89 bits per heavy atom. The maximum Gasteiger partial charge on any atom is 0.170 e. The van der Waals surface area contributed by atoms with Gasteiger partial charge < -0.3 is 20.4 Å². The number of hydrogen-bond acceptors (Lipinski definition) is 4. The van der Waals surface area contributed by atoms with Crippen LogP contribution in [0.4, 0.5) is 0 Å². The van der Waals surface area contributed by atoms with Crippen molar-refractivity contribution in [3.05, 3.63) is 29.8 Å². The van der Waals surface area contributed by atoms with Crippen LogP contribution in [0.1, 0.15) is 32.8 Å². The van der Waals surface area contributed by atoms with Crippen LogP contribution < -0.4 is 10.5 Å². The molecule has 0 heterocycles. The largest absolute Gasteiger partial charge is 0.491 e. The van der Waals surface area contributed by atoms with Gasteiger partial charge in [-0.05, 0) is 44.5 Å². The first-order chi connectivity index (χ1) is 8.98. The van der Waals surface area contributed by atoms with Gasteiger partial charge in [-0.15, -0.1) is 0 Å². The van der Waals surface area contributed by atoms with Gasteiger partial charge in [0.05, 0.1) is 12.2 Å². The summed E-state index contributed by atoms with van der Waals surface area (Å²) < 4.78 is 11.2. The molecule has 3 N–H and O–H groups in total. The van der Waals surface area contributed by atoms with E-state index in [1.807, 2.05) is 0 Å². The molecule has 0 saturated carbocycles. The average Bonchev–Trinajstić information content (AvgIpc) is 2.43. The summed E-state index contributed by atoms with van der Waals surface area (Å²) in [5.74, 6) is 0.812. The molecule has 0 aliphatic carbocycles. The van der Waals surface area contributed by atoms with Crippen LogP contribution in [0.25, 0.3) is 0 Å². The fourth-order valence-electron chi connectivity index (χ4n) is 1.36. The molecule has 5 nitrogen and oxygen atoms in total. The van der Waals surface area contributed by atoms with Crippen molar-refractivity contribution in [3.63, 3.8) is 0 Å². The summed E-state index contributed by atoms with van der Waals surface area (Å²) in [6.07, 6.45) is 0.960. The third kappa shape index (κ3) is 5.18. The molecule has 0 aliphatic rings. The zero-order valence-corrected chi connectivity index (χ0v) is 11.7. The van der Waals surface area contributed by atoms with Crippen molar-refractivity contribution in [3.8, 4) is 5.75 Å². The second-order valence-electron chi connectivity index (χ2n) is 4.82. The minimum atomic E-state index is -0.112. The molecule has 19 heavy (non-hydrogen) atoms. The van der Waals surface area contributed by atoms with Gasteiger partial charge in [0.15, 0.2) is 5.84 Å². The maximum atomic E-state index is 8.55. The van der Waals surface area contributed by atoms with Crippen molar-refractivity contribution in [1.82, 2.24) is 0 Å². The molecule has 0 radical (unpaired) electrons. The number of ether oxygens (including phenoxy) is 2. The van der Waals surface area contributed by atoms with Gasteiger partial charge in [0.2, 0.25) is 0 Å². The number of nitrogens with two attached hydrogens (primary N) is 1.